The van der Waals surface area contributed by atoms with Gasteiger partial charge in [-0.05, 0) is 36.5 Å². The van der Waals surface area contributed by atoms with Gasteiger partial charge in [-0.2, -0.15) is 0 Å². The smallest absolute Gasteiger partial charge is 0.326 e. The molecule has 2 rings (SSSR count). The number of benzene rings is 1. The number of hydrogen-bond donors (Lipinski definition) is 2. The molecule has 0 saturated carbocycles. The summed E-state index contributed by atoms with van der Waals surface area (Å²) in [4.78, 5) is 22.5. The van der Waals surface area contributed by atoms with E-state index >= 15 is 0 Å². The Kier molecular flexibility index (Phi) is 3.87. The van der Waals surface area contributed by atoms with Gasteiger partial charge < -0.3 is 10.4 Å². The van der Waals surface area contributed by atoms with E-state index in [1.54, 1.807) is 12.1 Å². The van der Waals surface area contributed by atoms with Gasteiger partial charge in [-0.15, -0.1) is 0 Å². The van der Waals surface area contributed by atoms with E-state index in [-0.39, 0.29) is 11.8 Å². The molecule has 2 atom stereocenters. The van der Waals surface area contributed by atoms with Gasteiger partial charge in [-0.25, -0.2) is 4.79 Å². The summed E-state index contributed by atoms with van der Waals surface area (Å²) < 4.78 is 0. The number of aliphatic carboxylic acids is 1. The zero-order valence-electron chi connectivity index (χ0n) is 9.73. The predicted molar refractivity (Wildman–Crippen MR) is 67.6 cm³/mol. The molecule has 1 amide bonds. The number of hydrogen-bond acceptors (Lipinski definition) is 2. The second kappa shape index (κ2) is 5.40. The standard InChI is InChI=1S/C13H14ClNO3/c14-10-4-1-8(2-5-10)9-3-6-12(16)15-11(7-9)13(17)18/h1-2,4-5,9,11H,3,6-7H2,(H,15,16)(H,17,18). The molecule has 1 heterocycles. The third-order valence-electron chi connectivity index (χ3n) is 3.21. The molecule has 0 radical (unpaired) electrons. The lowest BCUT2D eigenvalue weighted by atomic mass is 9.89. The van der Waals surface area contributed by atoms with Gasteiger partial charge in [0.2, 0.25) is 5.91 Å². The predicted octanol–water partition coefficient (Wildman–Crippen LogP) is 2.18. The summed E-state index contributed by atoms with van der Waals surface area (Å²) in [7, 11) is 0. The lowest BCUT2D eigenvalue weighted by Gasteiger charge is -2.17. The van der Waals surface area contributed by atoms with Crippen molar-refractivity contribution in [2.45, 2.75) is 31.2 Å². The van der Waals surface area contributed by atoms with Crippen LogP contribution in [0.5, 0.6) is 0 Å². The van der Waals surface area contributed by atoms with Gasteiger partial charge in [0.05, 0.1) is 0 Å². The minimum absolute atomic E-state index is 0.0716. The molecule has 96 valence electrons. The summed E-state index contributed by atoms with van der Waals surface area (Å²) in [5.41, 5.74) is 1.03. The van der Waals surface area contributed by atoms with Crippen molar-refractivity contribution in [2.75, 3.05) is 0 Å². The molecule has 0 spiro atoms. The third-order valence-corrected chi connectivity index (χ3v) is 3.47. The second-order valence-electron chi connectivity index (χ2n) is 4.48. The van der Waals surface area contributed by atoms with E-state index in [9.17, 15) is 9.59 Å². The van der Waals surface area contributed by atoms with Crippen molar-refractivity contribution in [3.8, 4) is 0 Å². The number of carbonyl (C=O) groups excluding carboxylic acids is 1. The molecule has 1 fully saturated rings. The number of carboxylic acid groups (broad SMARTS) is 1. The van der Waals surface area contributed by atoms with Gasteiger partial charge in [0.1, 0.15) is 6.04 Å². The van der Waals surface area contributed by atoms with Crippen LogP contribution in [0.3, 0.4) is 0 Å². The van der Waals surface area contributed by atoms with Gasteiger partial charge in [-0.1, -0.05) is 23.7 Å². The number of rotatable bonds is 2. The summed E-state index contributed by atoms with van der Waals surface area (Å²) in [6.45, 7) is 0. The van der Waals surface area contributed by atoms with Crippen LogP contribution in [0.2, 0.25) is 5.02 Å². The highest BCUT2D eigenvalue weighted by atomic mass is 35.5. The number of nitrogens with one attached hydrogen (secondary N) is 1. The Hall–Kier alpha value is -1.55. The average Bonchev–Trinajstić information content (AvgIpc) is 2.52. The topological polar surface area (TPSA) is 66.4 Å². The molecular weight excluding hydrogens is 254 g/mol. The van der Waals surface area contributed by atoms with E-state index in [4.69, 9.17) is 16.7 Å². The number of carbonyl (C=O) groups is 2. The van der Waals surface area contributed by atoms with Crippen LogP contribution in [-0.4, -0.2) is 23.0 Å². The minimum atomic E-state index is -0.982. The van der Waals surface area contributed by atoms with Crippen molar-refractivity contribution in [3.05, 3.63) is 34.9 Å². The largest absolute Gasteiger partial charge is 0.480 e. The maximum absolute atomic E-state index is 11.4. The van der Waals surface area contributed by atoms with E-state index in [1.165, 1.54) is 0 Å². The Bertz CT molecular complexity index is 458. The number of halogens is 1. The quantitative estimate of drug-likeness (QED) is 0.863. The van der Waals surface area contributed by atoms with Crippen molar-refractivity contribution in [1.29, 1.82) is 0 Å². The van der Waals surface area contributed by atoms with Crippen molar-refractivity contribution in [3.63, 3.8) is 0 Å². The van der Waals surface area contributed by atoms with Gasteiger partial charge in [-0.3, -0.25) is 4.79 Å². The molecule has 5 heteroatoms. The maximum Gasteiger partial charge on any atom is 0.326 e. The molecule has 0 aromatic heterocycles. The Morgan fingerprint density at radius 1 is 1.33 bits per heavy atom. The zero-order valence-corrected chi connectivity index (χ0v) is 10.5. The van der Waals surface area contributed by atoms with Gasteiger partial charge >= 0.3 is 5.97 Å². The molecule has 18 heavy (non-hydrogen) atoms. The molecule has 1 aromatic carbocycles. The fraction of sp³-hybridized carbons (Fsp3) is 0.385. The van der Waals surface area contributed by atoms with E-state index in [0.717, 1.165) is 5.56 Å². The first-order valence-corrected chi connectivity index (χ1v) is 6.21. The zero-order chi connectivity index (χ0) is 13.1. The summed E-state index contributed by atoms with van der Waals surface area (Å²) in [6.07, 6.45) is 1.44. The molecule has 1 aromatic rings. The number of carboxylic acids is 1. The minimum Gasteiger partial charge on any atom is -0.480 e. The monoisotopic (exact) mass is 267 g/mol. The number of amides is 1. The highest BCUT2D eigenvalue weighted by Crippen LogP contribution is 2.29. The van der Waals surface area contributed by atoms with Crippen LogP contribution in [0, 0.1) is 0 Å². The Morgan fingerprint density at radius 2 is 2.00 bits per heavy atom. The van der Waals surface area contributed by atoms with Crippen LogP contribution >= 0.6 is 11.6 Å². The lowest BCUT2D eigenvalue weighted by molar-refractivity contribution is -0.141. The second-order valence-corrected chi connectivity index (χ2v) is 4.92. The van der Waals surface area contributed by atoms with Crippen molar-refractivity contribution >= 4 is 23.5 Å². The molecule has 1 saturated heterocycles. The van der Waals surface area contributed by atoms with Crippen LogP contribution < -0.4 is 5.32 Å². The van der Waals surface area contributed by atoms with Crippen LogP contribution in [0.1, 0.15) is 30.7 Å². The van der Waals surface area contributed by atoms with E-state index in [2.05, 4.69) is 5.32 Å². The van der Waals surface area contributed by atoms with Crippen LogP contribution in [-0.2, 0) is 9.59 Å². The first-order valence-electron chi connectivity index (χ1n) is 5.84. The molecule has 0 aliphatic carbocycles. The molecule has 2 unspecified atom stereocenters. The van der Waals surface area contributed by atoms with E-state index < -0.39 is 12.0 Å². The fourth-order valence-electron chi connectivity index (χ4n) is 2.23. The van der Waals surface area contributed by atoms with Gasteiger partial charge in [0.15, 0.2) is 0 Å². The maximum atomic E-state index is 11.4. The van der Waals surface area contributed by atoms with E-state index in [0.29, 0.717) is 24.3 Å². The van der Waals surface area contributed by atoms with Crippen LogP contribution in [0.15, 0.2) is 24.3 Å². The average molecular weight is 268 g/mol. The molecule has 1 aliphatic heterocycles. The van der Waals surface area contributed by atoms with Gasteiger partial charge in [0, 0.05) is 11.4 Å². The third kappa shape index (κ3) is 3.01. The normalized spacial score (nSPS) is 24.2. The summed E-state index contributed by atoms with van der Waals surface area (Å²) in [5, 5.41) is 12.2. The van der Waals surface area contributed by atoms with Crippen molar-refractivity contribution in [2.24, 2.45) is 0 Å². The van der Waals surface area contributed by atoms with Gasteiger partial charge in [0.25, 0.3) is 0 Å². The van der Waals surface area contributed by atoms with Crippen molar-refractivity contribution in [1.82, 2.24) is 5.32 Å². The highest BCUT2D eigenvalue weighted by Gasteiger charge is 2.28. The van der Waals surface area contributed by atoms with Crippen LogP contribution in [0.4, 0.5) is 0 Å². The summed E-state index contributed by atoms with van der Waals surface area (Å²) in [5.74, 6) is -1.11. The molecule has 1 aliphatic rings. The first kappa shape index (κ1) is 12.9. The SMILES string of the molecule is O=C1CCC(c2ccc(Cl)cc2)CC(C(=O)O)N1. The van der Waals surface area contributed by atoms with Crippen LogP contribution in [0.25, 0.3) is 0 Å². The summed E-state index contributed by atoms with van der Waals surface area (Å²) >= 11 is 5.82. The highest BCUT2D eigenvalue weighted by molar-refractivity contribution is 6.30. The molecule has 2 N–H and O–H groups in total. The van der Waals surface area contributed by atoms with E-state index in [1.807, 2.05) is 12.1 Å². The molecule has 0 bridgehead atoms. The fourth-order valence-corrected chi connectivity index (χ4v) is 2.36. The molecule has 4 nitrogen and oxygen atoms in total. The summed E-state index contributed by atoms with van der Waals surface area (Å²) in [6, 6.07) is 6.55. The Labute approximate surface area is 110 Å². The lowest BCUT2D eigenvalue weighted by Crippen LogP contribution is -2.39. The molecular formula is C13H14ClNO3. The van der Waals surface area contributed by atoms with Crippen molar-refractivity contribution < 1.29 is 14.7 Å². The Balaban J connectivity index is 2.19. The first-order chi connectivity index (χ1) is 8.56. The Morgan fingerprint density at radius 3 is 2.61 bits per heavy atom.